The molecule has 0 aromatic carbocycles. The number of piperidine rings is 1. The molecule has 0 radical (unpaired) electrons. The van der Waals surface area contributed by atoms with Crippen LogP contribution in [-0.2, 0) is 6.42 Å². The topological polar surface area (TPSA) is 95.5 Å². The van der Waals surface area contributed by atoms with Gasteiger partial charge in [-0.2, -0.15) is 4.98 Å². The Labute approximate surface area is 106 Å². The molecule has 1 aromatic rings. The third-order valence-corrected chi connectivity index (χ3v) is 3.53. The van der Waals surface area contributed by atoms with Crippen molar-refractivity contribution in [2.75, 3.05) is 30.3 Å². The maximum absolute atomic E-state index is 9.99. The van der Waals surface area contributed by atoms with Crippen molar-refractivity contribution in [2.24, 2.45) is 0 Å². The quantitative estimate of drug-likeness (QED) is 0.698. The molecule has 100 valence electrons. The molecule has 1 fully saturated rings. The number of rotatable bonds is 3. The van der Waals surface area contributed by atoms with Crippen molar-refractivity contribution < 1.29 is 10.2 Å². The zero-order valence-electron chi connectivity index (χ0n) is 10.6. The first kappa shape index (κ1) is 13.0. The Bertz CT molecular complexity index is 417. The fourth-order valence-electron chi connectivity index (χ4n) is 2.23. The molecule has 6 nitrogen and oxygen atoms in total. The number of nitrogens with zero attached hydrogens (tertiary/aromatic N) is 3. The zero-order chi connectivity index (χ0) is 13.2. The van der Waals surface area contributed by atoms with Crippen LogP contribution in [0, 0.1) is 0 Å². The van der Waals surface area contributed by atoms with Gasteiger partial charge in [-0.25, -0.2) is 4.98 Å². The Morgan fingerprint density at radius 2 is 2.11 bits per heavy atom. The van der Waals surface area contributed by atoms with Crippen molar-refractivity contribution in [3.63, 3.8) is 0 Å². The Hall–Kier alpha value is -1.40. The Balaban J connectivity index is 2.16. The minimum Gasteiger partial charge on any atom is -0.393 e. The van der Waals surface area contributed by atoms with E-state index < -0.39 is 5.60 Å². The Morgan fingerprint density at radius 3 is 2.67 bits per heavy atom. The standard InChI is InChI=1S/C12H20N4O2/c1-2-9-7-14-11(13)15-10(9)16-5-3-12(18,8-17)4-6-16/h7,17-18H,2-6,8H2,1H3,(H2,13,14,15). The highest BCUT2D eigenvalue weighted by molar-refractivity contribution is 5.49. The summed E-state index contributed by atoms with van der Waals surface area (Å²) in [6.07, 6.45) is 3.67. The van der Waals surface area contributed by atoms with Gasteiger partial charge in [0.25, 0.3) is 0 Å². The number of aliphatic hydroxyl groups excluding tert-OH is 1. The predicted molar refractivity (Wildman–Crippen MR) is 69.3 cm³/mol. The monoisotopic (exact) mass is 252 g/mol. The lowest BCUT2D eigenvalue weighted by molar-refractivity contribution is -0.0326. The molecule has 0 saturated carbocycles. The van der Waals surface area contributed by atoms with Crippen molar-refractivity contribution in [3.05, 3.63) is 11.8 Å². The van der Waals surface area contributed by atoms with E-state index in [4.69, 9.17) is 10.8 Å². The minimum absolute atomic E-state index is 0.187. The van der Waals surface area contributed by atoms with Crippen LogP contribution in [0.5, 0.6) is 0 Å². The molecule has 2 heterocycles. The van der Waals surface area contributed by atoms with Gasteiger partial charge in [0.05, 0.1) is 12.2 Å². The van der Waals surface area contributed by atoms with Gasteiger partial charge in [0.2, 0.25) is 5.95 Å². The summed E-state index contributed by atoms with van der Waals surface area (Å²) in [4.78, 5) is 10.4. The van der Waals surface area contributed by atoms with E-state index in [0.717, 1.165) is 17.8 Å². The Morgan fingerprint density at radius 1 is 1.44 bits per heavy atom. The van der Waals surface area contributed by atoms with E-state index in [0.29, 0.717) is 25.9 Å². The summed E-state index contributed by atoms with van der Waals surface area (Å²) in [7, 11) is 0. The van der Waals surface area contributed by atoms with E-state index in [1.54, 1.807) is 6.20 Å². The first-order valence-electron chi connectivity index (χ1n) is 6.27. The second kappa shape index (κ2) is 5.07. The molecule has 0 unspecified atom stereocenters. The van der Waals surface area contributed by atoms with Crippen molar-refractivity contribution in [3.8, 4) is 0 Å². The van der Waals surface area contributed by atoms with Gasteiger partial charge >= 0.3 is 0 Å². The van der Waals surface area contributed by atoms with Crippen molar-refractivity contribution >= 4 is 11.8 Å². The van der Waals surface area contributed by atoms with Crippen LogP contribution in [0.15, 0.2) is 6.20 Å². The molecule has 0 spiro atoms. The summed E-state index contributed by atoms with van der Waals surface area (Å²) in [6.45, 7) is 3.20. The first-order valence-corrected chi connectivity index (χ1v) is 6.27. The largest absolute Gasteiger partial charge is 0.393 e. The molecular weight excluding hydrogens is 232 g/mol. The third-order valence-electron chi connectivity index (χ3n) is 3.53. The molecule has 1 aromatic heterocycles. The number of nitrogen functional groups attached to an aromatic ring is 1. The van der Waals surface area contributed by atoms with E-state index in [2.05, 4.69) is 14.9 Å². The van der Waals surface area contributed by atoms with Crippen molar-refractivity contribution in [1.82, 2.24) is 9.97 Å². The average Bonchev–Trinajstić information content (AvgIpc) is 2.39. The molecule has 6 heteroatoms. The molecule has 0 atom stereocenters. The number of aliphatic hydroxyl groups is 2. The summed E-state index contributed by atoms with van der Waals surface area (Å²) in [6, 6.07) is 0. The average molecular weight is 252 g/mol. The summed E-state index contributed by atoms with van der Waals surface area (Å²) in [5.41, 5.74) is 5.74. The van der Waals surface area contributed by atoms with Crippen LogP contribution >= 0.6 is 0 Å². The van der Waals surface area contributed by atoms with Crippen LogP contribution in [-0.4, -0.2) is 45.5 Å². The molecule has 4 N–H and O–H groups in total. The van der Waals surface area contributed by atoms with Gasteiger partial charge in [0, 0.05) is 24.8 Å². The van der Waals surface area contributed by atoms with Gasteiger partial charge in [0.1, 0.15) is 5.82 Å². The molecular formula is C12H20N4O2. The van der Waals surface area contributed by atoms with Crippen LogP contribution in [0.1, 0.15) is 25.3 Å². The van der Waals surface area contributed by atoms with Gasteiger partial charge in [-0.1, -0.05) is 6.92 Å². The number of hydrogen-bond acceptors (Lipinski definition) is 6. The van der Waals surface area contributed by atoms with Crippen LogP contribution in [0.2, 0.25) is 0 Å². The molecule has 2 rings (SSSR count). The number of hydrogen-bond donors (Lipinski definition) is 3. The van der Waals surface area contributed by atoms with Gasteiger partial charge < -0.3 is 20.8 Å². The number of nitrogens with two attached hydrogens (primary N) is 1. The summed E-state index contributed by atoms with van der Waals surface area (Å²) >= 11 is 0. The van der Waals surface area contributed by atoms with Crippen molar-refractivity contribution in [1.29, 1.82) is 0 Å². The lowest BCUT2D eigenvalue weighted by Crippen LogP contribution is -2.47. The molecule has 1 aliphatic heterocycles. The van der Waals surface area contributed by atoms with E-state index in [9.17, 15) is 5.11 Å². The van der Waals surface area contributed by atoms with E-state index >= 15 is 0 Å². The number of aryl methyl sites for hydroxylation is 1. The molecule has 18 heavy (non-hydrogen) atoms. The summed E-state index contributed by atoms with van der Waals surface area (Å²) < 4.78 is 0. The van der Waals surface area contributed by atoms with Crippen LogP contribution in [0.4, 0.5) is 11.8 Å². The van der Waals surface area contributed by atoms with Gasteiger partial charge in [-0.05, 0) is 19.3 Å². The van der Waals surface area contributed by atoms with E-state index in [1.165, 1.54) is 0 Å². The fraction of sp³-hybridized carbons (Fsp3) is 0.667. The lowest BCUT2D eigenvalue weighted by Gasteiger charge is -2.38. The maximum Gasteiger partial charge on any atom is 0.221 e. The van der Waals surface area contributed by atoms with Gasteiger partial charge in [0.15, 0.2) is 0 Å². The highest BCUT2D eigenvalue weighted by Crippen LogP contribution is 2.27. The normalized spacial score (nSPS) is 18.9. The Kier molecular flexibility index (Phi) is 3.68. The second-order valence-electron chi connectivity index (χ2n) is 4.80. The van der Waals surface area contributed by atoms with Crippen molar-refractivity contribution in [2.45, 2.75) is 31.8 Å². The SMILES string of the molecule is CCc1cnc(N)nc1N1CCC(O)(CO)CC1. The predicted octanol–water partition coefficient (Wildman–Crippen LogP) is -0.0552. The van der Waals surface area contributed by atoms with Crippen LogP contribution < -0.4 is 10.6 Å². The number of anilines is 2. The van der Waals surface area contributed by atoms with E-state index in [-0.39, 0.29) is 12.6 Å². The minimum atomic E-state index is -0.943. The van der Waals surface area contributed by atoms with Gasteiger partial charge in [-0.15, -0.1) is 0 Å². The smallest absolute Gasteiger partial charge is 0.221 e. The molecule has 0 bridgehead atoms. The third kappa shape index (κ3) is 2.54. The highest BCUT2D eigenvalue weighted by atomic mass is 16.3. The zero-order valence-corrected chi connectivity index (χ0v) is 10.6. The fourth-order valence-corrected chi connectivity index (χ4v) is 2.23. The maximum atomic E-state index is 9.99. The molecule has 1 aliphatic rings. The molecule has 0 amide bonds. The molecule has 0 aliphatic carbocycles. The number of aromatic nitrogens is 2. The van der Waals surface area contributed by atoms with E-state index in [1.807, 2.05) is 6.92 Å². The molecule has 1 saturated heterocycles. The second-order valence-corrected chi connectivity index (χ2v) is 4.80. The van der Waals surface area contributed by atoms with Crippen LogP contribution in [0.25, 0.3) is 0 Å². The summed E-state index contributed by atoms with van der Waals surface area (Å²) in [5, 5.41) is 19.1. The first-order chi connectivity index (χ1) is 8.58. The van der Waals surface area contributed by atoms with Crippen LogP contribution in [0.3, 0.4) is 0 Å². The highest BCUT2D eigenvalue weighted by Gasteiger charge is 2.32. The summed E-state index contributed by atoms with van der Waals surface area (Å²) in [5.74, 6) is 1.12. The van der Waals surface area contributed by atoms with Gasteiger partial charge in [-0.3, -0.25) is 0 Å². The lowest BCUT2D eigenvalue weighted by atomic mass is 9.92.